The molecular formula is C10H14N2O. The van der Waals surface area contributed by atoms with Gasteiger partial charge in [0.05, 0.1) is 12.7 Å². The number of aromatic nitrogens is 1. The standard InChI is InChI=1S/C10H14N2O/c11-6-2-1-3-7-12-8-4-5-10(12)9-13/h4-5,8,13H,1-3,7,9H2. The topological polar surface area (TPSA) is 49.0 Å². The van der Waals surface area contributed by atoms with E-state index < -0.39 is 0 Å². The molecule has 0 aliphatic rings. The summed E-state index contributed by atoms with van der Waals surface area (Å²) in [5.41, 5.74) is 0.942. The summed E-state index contributed by atoms with van der Waals surface area (Å²) in [5.74, 6) is 0. The van der Waals surface area contributed by atoms with E-state index in [1.165, 1.54) is 0 Å². The van der Waals surface area contributed by atoms with Crippen LogP contribution in [0.4, 0.5) is 0 Å². The molecule has 1 heterocycles. The molecular weight excluding hydrogens is 164 g/mol. The molecule has 1 rings (SSSR count). The van der Waals surface area contributed by atoms with E-state index in [2.05, 4.69) is 6.07 Å². The predicted octanol–water partition coefficient (Wildman–Crippen LogP) is 1.67. The first-order valence-electron chi connectivity index (χ1n) is 4.50. The zero-order valence-corrected chi connectivity index (χ0v) is 7.61. The van der Waals surface area contributed by atoms with Gasteiger partial charge in [-0.3, -0.25) is 0 Å². The summed E-state index contributed by atoms with van der Waals surface area (Å²) in [6.07, 6.45) is 4.50. The number of hydrogen-bond donors (Lipinski definition) is 1. The summed E-state index contributed by atoms with van der Waals surface area (Å²) in [6.45, 7) is 0.982. The first kappa shape index (κ1) is 9.82. The van der Waals surface area contributed by atoms with Gasteiger partial charge >= 0.3 is 0 Å². The summed E-state index contributed by atoms with van der Waals surface area (Å²) >= 11 is 0. The highest BCUT2D eigenvalue weighted by atomic mass is 16.3. The minimum absolute atomic E-state index is 0.0885. The molecule has 0 radical (unpaired) electrons. The van der Waals surface area contributed by atoms with E-state index in [4.69, 9.17) is 10.4 Å². The molecule has 0 bridgehead atoms. The van der Waals surface area contributed by atoms with Gasteiger partial charge in [-0.05, 0) is 25.0 Å². The number of aliphatic hydroxyl groups excluding tert-OH is 1. The second-order valence-corrected chi connectivity index (χ2v) is 2.97. The van der Waals surface area contributed by atoms with Crippen LogP contribution in [0.2, 0.25) is 0 Å². The van der Waals surface area contributed by atoms with Gasteiger partial charge < -0.3 is 9.67 Å². The van der Waals surface area contributed by atoms with E-state index in [-0.39, 0.29) is 6.61 Å². The Morgan fingerprint density at radius 1 is 1.46 bits per heavy atom. The van der Waals surface area contributed by atoms with Crippen LogP contribution in [0, 0.1) is 11.3 Å². The normalized spacial score (nSPS) is 9.85. The van der Waals surface area contributed by atoms with Crippen LogP contribution in [0.5, 0.6) is 0 Å². The zero-order chi connectivity index (χ0) is 9.52. The lowest BCUT2D eigenvalue weighted by molar-refractivity contribution is 0.270. The molecule has 1 aromatic rings. The fourth-order valence-electron chi connectivity index (χ4n) is 1.30. The zero-order valence-electron chi connectivity index (χ0n) is 7.61. The van der Waals surface area contributed by atoms with Gasteiger partial charge in [-0.25, -0.2) is 0 Å². The molecule has 0 aliphatic carbocycles. The van der Waals surface area contributed by atoms with Crippen LogP contribution in [0.15, 0.2) is 18.3 Å². The predicted molar refractivity (Wildman–Crippen MR) is 49.8 cm³/mol. The Bertz CT molecular complexity index is 285. The summed E-state index contributed by atoms with van der Waals surface area (Å²) < 4.78 is 2.03. The second kappa shape index (κ2) is 5.39. The highest BCUT2D eigenvalue weighted by Crippen LogP contribution is 2.05. The van der Waals surface area contributed by atoms with Crippen molar-refractivity contribution in [3.8, 4) is 6.07 Å². The van der Waals surface area contributed by atoms with E-state index in [0.29, 0.717) is 6.42 Å². The second-order valence-electron chi connectivity index (χ2n) is 2.97. The van der Waals surface area contributed by atoms with Crippen molar-refractivity contribution >= 4 is 0 Å². The summed E-state index contributed by atoms with van der Waals surface area (Å²) in [7, 11) is 0. The number of nitrogens with zero attached hydrogens (tertiary/aromatic N) is 2. The molecule has 0 aromatic carbocycles. The van der Waals surface area contributed by atoms with Gasteiger partial charge in [-0.15, -0.1) is 0 Å². The largest absolute Gasteiger partial charge is 0.390 e. The van der Waals surface area contributed by atoms with Crippen LogP contribution in [0.3, 0.4) is 0 Å². The molecule has 70 valence electrons. The van der Waals surface area contributed by atoms with E-state index in [1.807, 2.05) is 22.9 Å². The number of aryl methyl sites for hydroxylation is 1. The number of hydrogen-bond acceptors (Lipinski definition) is 2. The van der Waals surface area contributed by atoms with Gasteiger partial charge in [-0.1, -0.05) is 0 Å². The minimum Gasteiger partial charge on any atom is -0.390 e. The average Bonchev–Trinajstić information content (AvgIpc) is 2.60. The van der Waals surface area contributed by atoms with Crippen LogP contribution in [0.25, 0.3) is 0 Å². The maximum absolute atomic E-state index is 8.94. The fraction of sp³-hybridized carbons (Fsp3) is 0.500. The lowest BCUT2D eigenvalue weighted by Crippen LogP contribution is -2.01. The Morgan fingerprint density at radius 3 is 3.00 bits per heavy atom. The molecule has 0 spiro atoms. The third-order valence-electron chi connectivity index (χ3n) is 2.02. The van der Waals surface area contributed by atoms with E-state index >= 15 is 0 Å². The molecule has 0 amide bonds. The number of rotatable bonds is 5. The fourth-order valence-corrected chi connectivity index (χ4v) is 1.30. The van der Waals surface area contributed by atoms with Crippen molar-refractivity contribution in [1.82, 2.24) is 4.57 Å². The van der Waals surface area contributed by atoms with Crippen molar-refractivity contribution in [2.24, 2.45) is 0 Å². The Morgan fingerprint density at radius 2 is 2.31 bits per heavy atom. The van der Waals surface area contributed by atoms with Crippen molar-refractivity contribution in [1.29, 1.82) is 5.26 Å². The molecule has 0 saturated carbocycles. The SMILES string of the molecule is N#CCCCCn1cccc1CO. The van der Waals surface area contributed by atoms with Gasteiger partial charge in [0.2, 0.25) is 0 Å². The molecule has 0 atom stereocenters. The van der Waals surface area contributed by atoms with Crippen molar-refractivity contribution in [3.05, 3.63) is 24.0 Å². The Labute approximate surface area is 78.2 Å². The van der Waals surface area contributed by atoms with Gasteiger partial charge in [-0.2, -0.15) is 5.26 Å². The van der Waals surface area contributed by atoms with Crippen molar-refractivity contribution < 1.29 is 5.11 Å². The minimum atomic E-state index is 0.0885. The van der Waals surface area contributed by atoms with E-state index in [1.54, 1.807) is 0 Å². The number of aliphatic hydroxyl groups is 1. The summed E-state index contributed by atoms with van der Waals surface area (Å²) in [4.78, 5) is 0. The number of unbranched alkanes of at least 4 members (excludes halogenated alkanes) is 2. The molecule has 0 saturated heterocycles. The maximum Gasteiger partial charge on any atom is 0.0832 e. The van der Waals surface area contributed by atoms with Crippen molar-refractivity contribution in [2.45, 2.75) is 32.4 Å². The highest BCUT2D eigenvalue weighted by molar-refractivity contribution is 5.05. The van der Waals surface area contributed by atoms with E-state index in [0.717, 1.165) is 25.1 Å². The molecule has 3 heteroatoms. The van der Waals surface area contributed by atoms with E-state index in [9.17, 15) is 0 Å². The van der Waals surface area contributed by atoms with Crippen LogP contribution in [0.1, 0.15) is 25.0 Å². The highest BCUT2D eigenvalue weighted by Gasteiger charge is 1.97. The van der Waals surface area contributed by atoms with Crippen LogP contribution >= 0.6 is 0 Å². The van der Waals surface area contributed by atoms with Crippen molar-refractivity contribution in [3.63, 3.8) is 0 Å². The lowest BCUT2D eigenvalue weighted by Gasteiger charge is -2.05. The molecule has 0 aliphatic heterocycles. The smallest absolute Gasteiger partial charge is 0.0832 e. The van der Waals surface area contributed by atoms with Crippen LogP contribution in [-0.2, 0) is 13.2 Å². The molecule has 0 unspecified atom stereocenters. The maximum atomic E-state index is 8.94. The molecule has 3 nitrogen and oxygen atoms in total. The summed E-state index contributed by atoms with van der Waals surface area (Å²) in [5, 5.41) is 17.3. The first-order valence-corrected chi connectivity index (χ1v) is 4.50. The van der Waals surface area contributed by atoms with Gasteiger partial charge in [0.1, 0.15) is 0 Å². The Hall–Kier alpha value is -1.27. The molecule has 1 N–H and O–H groups in total. The lowest BCUT2D eigenvalue weighted by atomic mass is 10.2. The molecule has 0 fully saturated rings. The third-order valence-corrected chi connectivity index (χ3v) is 2.02. The Balaban J connectivity index is 2.32. The third kappa shape index (κ3) is 2.92. The van der Waals surface area contributed by atoms with Crippen LogP contribution < -0.4 is 0 Å². The van der Waals surface area contributed by atoms with Crippen molar-refractivity contribution in [2.75, 3.05) is 0 Å². The average molecular weight is 178 g/mol. The van der Waals surface area contributed by atoms with Crippen LogP contribution in [-0.4, -0.2) is 9.67 Å². The monoisotopic (exact) mass is 178 g/mol. The summed E-state index contributed by atoms with van der Waals surface area (Å²) in [6, 6.07) is 5.95. The van der Waals surface area contributed by atoms with Gasteiger partial charge in [0, 0.05) is 24.9 Å². The molecule has 1 aromatic heterocycles. The van der Waals surface area contributed by atoms with Gasteiger partial charge in [0.25, 0.3) is 0 Å². The quantitative estimate of drug-likeness (QED) is 0.697. The first-order chi connectivity index (χ1) is 6.38. The Kier molecular flexibility index (Phi) is 4.07. The van der Waals surface area contributed by atoms with Gasteiger partial charge in [0.15, 0.2) is 0 Å². The molecule has 13 heavy (non-hydrogen) atoms. The number of nitriles is 1.